The fourth-order valence-electron chi connectivity index (χ4n) is 4.54. The van der Waals surface area contributed by atoms with Gasteiger partial charge in [0, 0.05) is 41.7 Å². The summed E-state index contributed by atoms with van der Waals surface area (Å²) >= 11 is 6.05. The number of pyridine rings is 1. The van der Waals surface area contributed by atoms with Gasteiger partial charge in [0.25, 0.3) is 5.91 Å². The summed E-state index contributed by atoms with van der Waals surface area (Å²) in [6.07, 6.45) is 4.23. The molecule has 0 radical (unpaired) electrons. The van der Waals surface area contributed by atoms with Crippen LogP contribution in [0.1, 0.15) is 29.6 Å². The second-order valence-electron chi connectivity index (χ2n) is 8.06. The number of ether oxygens (including phenoxy) is 2. The minimum atomic E-state index is -0.208. The van der Waals surface area contributed by atoms with Crippen LogP contribution in [-0.2, 0) is 4.74 Å². The van der Waals surface area contributed by atoms with Crippen molar-refractivity contribution in [1.82, 2.24) is 9.88 Å². The first kappa shape index (κ1) is 19.3. The van der Waals surface area contributed by atoms with Gasteiger partial charge < -0.3 is 14.4 Å². The van der Waals surface area contributed by atoms with Crippen molar-refractivity contribution in [3.05, 3.63) is 71.4 Å². The molecule has 5 nitrogen and oxygen atoms in total. The summed E-state index contributed by atoms with van der Waals surface area (Å²) in [5, 5.41) is 1.56. The Kier molecular flexibility index (Phi) is 5.09. The zero-order valence-corrected chi connectivity index (χ0v) is 17.3. The zero-order chi connectivity index (χ0) is 20.6. The van der Waals surface area contributed by atoms with Gasteiger partial charge in [-0.15, -0.1) is 0 Å². The molecule has 3 heterocycles. The molecule has 6 heteroatoms. The van der Waals surface area contributed by atoms with E-state index in [1.165, 1.54) is 0 Å². The number of likely N-dealkylation sites (tertiary alicyclic amines) is 1. The van der Waals surface area contributed by atoms with E-state index in [1.54, 1.807) is 6.20 Å². The van der Waals surface area contributed by atoms with Crippen LogP contribution < -0.4 is 4.74 Å². The van der Waals surface area contributed by atoms with Crippen LogP contribution in [0.15, 0.2) is 60.8 Å². The van der Waals surface area contributed by atoms with Crippen molar-refractivity contribution < 1.29 is 14.3 Å². The van der Waals surface area contributed by atoms with Gasteiger partial charge in [0.2, 0.25) is 0 Å². The number of fused-ring (bicyclic) bond motifs is 1. The van der Waals surface area contributed by atoms with Gasteiger partial charge in [0.1, 0.15) is 11.9 Å². The lowest BCUT2D eigenvalue weighted by atomic mass is 9.87. The molecule has 0 bridgehead atoms. The van der Waals surface area contributed by atoms with E-state index in [1.807, 2.05) is 59.5 Å². The lowest BCUT2D eigenvalue weighted by Crippen LogP contribution is -2.46. The molecule has 1 aromatic heterocycles. The normalized spacial score (nSPS) is 20.6. The van der Waals surface area contributed by atoms with Crippen molar-refractivity contribution in [3.63, 3.8) is 0 Å². The molecule has 2 saturated heterocycles. The average molecular weight is 423 g/mol. The number of halogens is 1. The van der Waals surface area contributed by atoms with Crippen LogP contribution >= 0.6 is 11.6 Å². The molecule has 30 heavy (non-hydrogen) atoms. The van der Waals surface area contributed by atoms with Crippen molar-refractivity contribution in [2.45, 2.75) is 31.0 Å². The van der Waals surface area contributed by atoms with Crippen molar-refractivity contribution in [2.75, 3.05) is 19.7 Å². The van der Waals surface area contributed by atoms with Crippen molar-refractivity contribution in [1.29, 1.82) is 0 Å². The molecule has 2 aliphatic rings. The Morgan fingerprint density at radius 2 is 1.97 bits per heavy atom. The van der Waals surface area contributed by atoms with Crippen LogP contribution in [0.2, 0.25) is 5.02 Å². The number of benzene rings is 2. The van der Waals surface area contributed by atoms with Gasteiger partial charge in [0.15, 0.2) is 0 Å². The first-order valence-corrected chi connectivity index (χ1v) is 10.7. The molecular formula is C24H23ClN2O3. The summed E-state index contributed by atoms with van der Waals surface area (Å²) in [4.78, 5) is 19.5. The third-order valence-corrected chi connectivity index (χ3v) is 6.35. The number of piperidine rings is 1. The third kappa shape index (κ3) is 3.75. The van der Waals surface area contributed by atoms with Crippen LogP contribution in [0.5, 0.6) is 5.75 Å². The molecule has 0 aliphatic carbocycles. The molecular weight excluding hydrogens is 400 g/mol. The number of nitrogens with zero attached hydrogens (tertiary/aromatic N) is 2. The van der Waals surface area contributed by atoms with Gasteiger partial charge in [-0.2, -0.15) is 0 Å². The minimum Gasteiger partial charge on any atom is -0.488 e. The molecule has 0 N–H and O–H groups in total. The van der Waals surface area contributed by atoms with Gasteiger partial charge in [-0.05, 0) is 49.2 Å². The van der Waals surface area contributed by atoms with E-state index in [-0.39, 0.29) is 17.6 Å². The van der Waals surface area contributed by atoms with Gasteiger partial charge in [0.05, 0.1) is 17.7 Å². The monoisotopic (exact) mass is 422 g/mol. The second-order valence-corrected chi connectivity index (χ2v) is 8.50. The van der Waals surface area contributed by atoms with Crippen LogP contribution in [0, 0.1) is 0 Å². The van der Waals surface area contributed by atoms with Crippen LogP contribution in [0.4, 0.5) is 0 Å². The van der Waals surface area contributed by atoms with Crippen LogP contribution in [0.25, 0.3) is 10.9 Å². The Bertz CT molecular complexity index is 1070. The second kappa shape index (κ2) is 7.89. The fraction of sp³-hybridized carbons (Fsp3) is 0.333. The number of hydrogen-bond donors (Lipinski definition) is 0. The van der Waals surface area contributed by atoms with Gasteiger partial charge >= 0.3 is 0 Å². The van der Waals surface area contributed by atoms with E-state index in [2.05, 4.69) is 4.98 Å². The number of amides is 1. The Morgan fingerprint density at radius 3 is 2.80 bits per heavy atom. The number of carbonyl (C=O) groups is 1. The molecule has 2 fully saturated rings. The molecule has 1 atom stereocenters. The summed E-state index contributed by atoms with van der Waals surface area (Å²) in [6, 6.07) is 17.0. The maximum Gasteiger partial charge on any atom is 0.254 e. The number of carbonyl (C=O) groups excluding carboxylic acids is 1. The van der Waals surface area contributed by atoms with Gasteiger partial charge in [-0.25, -0.2) is 0 Å². The molecule has 2 aromatic carbocycles. The highest BCUT2D eigenvalue weighted by Gasteiger charge is 2.44. The Morgan fingerprint density at radius 1 is 1.13 bits per heavy atom. The molecule has 0 saturated carbocycles. The lowest BCUT2D eigenvalue weighted by Gasteiger charge is -2.38. The summed E-state index contributed by atoms with van der Waals surface area (Å²) < 4.78 is 12.3. The fourth-order valence-corrected chi connectivity index (χ4v) is 4.72. The first-order chi connectivity index (χ1) is 14.6. The minimum absolute atomic E-state index is 0.00913. The highest BCUT2D eigenvalue weighted by molar-refractivity contribution is 6.30. The smallest absolute Gasteiger partial charge is 0.254 e. The largest absolute Gasteiger partial charge is 0.488 e. The first-order valence-electron chi connectivity index (χ1n) is 10.3. The standard InChI is InChI=1S/C24H23ClN2O3/c25-17-4-1-5-18(14-17)30-19-15-24(29-16-19)9-12-27(13-10-24)23(28)21-6-2-8-22-20(21)7-3-11-26-22/h1-8,11,14,19H,9-10,12-13,15-16H2. The van der Waals surface area contributed by atoms with Crippen LogP contribution in [0.3, 0.4) is 0 Å². The quantitative estimate of drug-likeness (QED) is 0.612. The number of rotatable bonds is 3. The molecule has 2 aliphatic heterocycles. The Balaban J connectivity index is 1.23. The third-order valence-electron chi connectivity index (χ3n) is 6.11. The summed E-state index contributed by atoms with van der Waals surface area (Å²) in [6.45, 7) is 1.92. The number of hydrogen-bond acceptors (Lipinski definition) is 4. The molecule has 1 unspecified atom stereocenters. The highest BCUT2D eigenvalue weighted by atomic mass is 35.5. The van der Waals surface area contributed by atoms with Crippen molar-refractivity contribution >= 4 is 28.4 Å². The van der Waals surface area contributed by atoms with Gasteiger partial charge in [-0.3, -0.25) is 9.78 Å². The zero-order valence-electron chi connectivity index (χ0n) is 16.6. The molecule has 3 aromatic rings. The maximum atomic E-state index is 13.2. The Hall–Kier alpha value is -2.63. The Labute approximate surface area is 180 Å². The molecule has 154 valence electrons. The molecule has 1 amide bonds. The summed E-state index contributed by atoms with van der Waals surface area (Å²) in [5.74, 6) is 0.832. The predicted octanol–water partition coefficient (Wildman–Crippen LogP) is 4.73. The van der Waals surface area contributed by atoms with E-state index in [9.17, 15) is 4.79 Å². The van der Waals surface area contributed by atoms with Crippen molar-refractivity contribution in [2.24, 2.45) is 0 Å². The van der Waals surface area contributed by atoms with E-state index in [0.29, 0.717) is 30.3 Å². The maximum absolute atomic E-state index is 13.2. The van der Waals surface area contributed by atoms with E-state index < -0.39 is 0 Å². The highest BCUT2D eigenvalue weighted by Crippen LogP contribution is 2.38. The lowest BCUT2D eigenvalue weighted by molar-refractivity contribution is -0.0395. The van der Waals surface area contributed by atoms with E-state index in [4.69, 9.17) is 21.1 Å². The van der Waals surface area contributed by atoms with E-state index >= 15 is 0 Å². The molecule has 1 spiro atoms. The topological polar surface area (TPSA) is 51.7 Å². The summed E-state index contributed by atoms with van der Waals surface area (Å²) in [7, 11) is 0. The summed E-state index contributed by atoms with van der Waals surface area (Å²) in [5.41, 5.74) is 1.35. The van der Waals surface area contributed by atoms with Gasteiger partial charge in [-0.1, -0.05) is 29.8 Å². The van der Waals surface area contributed by atoms with Crippen LogP contribution in [-0.4, -0.2) is 47.2 Å². The number of aromatic nitrogens is 1. The predicted molar refractivity (Wildman–Crippen MR) is 116 cm³/mol. The molecule has 5 rings (SSSR count). The van der Waals surface area contributed by atoms with Crippen molar-refractivity contribution in [3.8, 4) is 5.75 Å². The average Bonchev–Trinajstić information content (AvgIpc) is 3.15. The van der Waals surface area contributed by atoms with E-state index in [0.717, 1.165) is 35.9 Å². The SMILES string of the molecule is O=C(c1cccc2ncccc12)N1CCC2(CC1)CC(Oc1cccc(Cl)c1)CO2.